The first-order valence-corrected chi connectivity index (χ1v) is 7.25. The van der Waals surface area contributed by atoms with Crippen LogP contribution in [0.3, 0.4) is 0 Å². The standard InChI is InChI=1S/C16H23NO4/c1-5-6-7-8-9-12-13(15(18)19)10(2)17-11(3)14(12)16(20)21-4/h5-9H2,1-4H3,(H,18,19). The summed E-state index contributed by atoms with van der Waals surface area (Å²) in [5.74, 6) is -1.57. The number of carboxylic acids is 1. The molecule has 21 heavy (non-hydrogen) atoms. The number of aromatic carboxylic acids is 1. The quantitative estimate of drug-likeness (QED) is 0.616. The Morgan fingerprint density at radius 2 is 1.71 bits per heavy atom. The molecule has 0 spiro atoms. The van der Waals surface area contributed by atoms with Crippen LogP contribution in [0.1, 0.15) is 70.3 Å². The lowest BCUT2D eigenvalue weighted by Gasteiger charge is -2.15. The van der Waals surface area contributed by atoms with Crippen molar-refractivity contribution in [2.45, 2.75) is 52.9 Å². The number of nitrogens with zero attached hydrogens (tertiary/aromatic N) is 1. The van der Waals surface area contributed by atoms with E-state index in [1.165, 1.54) is 7.11 Å². The van der Waals surface area contributed by atoms with Crippen molar-refractivity contribution in [1.29, 1.82) is 0 Å². The molecule has 0 amide bonds. The van der Waals surface area contributed by atoms with Crippen LogP contribution >= 0.6 is 0 Å². The van der Waals surface area contributed by atoms with Crippen LogP contribution in [0.4, 0.5) is 0 Å². The highest BCUT2D eigenvalue weighted by molar-refractivity contribution is 5.98. The minimum Gasteiger partial charge on any atom is -0.478 e. The van der Waals surface area contributed by atoms with Crippen LogP contribution in [-0.2, 0) is 11.2 Å². The van der Waals surface area contributed by atoms with E-state index in [1.807, 2.05) is 0 Å². The number of carbonyl (C=O) groups is 2. The molecular formula is C16H23NO4. The Labute approximate surface area is 125 Å². The summed E-state index contributed by atoms with van der Waals surface area (Å²) in [5.41, 5.74) is 1.96. The lowest BCUT2D eigenvalue weighted by Crippen LogP contribution is -2.17. The van der Waals surface area contributed by atoms with Gasteiger partial charge < -0.3 is 9.84 Å². The molecule has 5 nitrogen and oxygen atoms in total. The molecule has 0 bridgehead atoms. The van der Waals surface area contributed by atoms with Gasteiger partial charge in [-0.15, -0.1) is 0 Å². The van der Waals surface area contributed by atoms with Gasteiger partial charge in [0.15, 0.2) is 0 Å². The first-order valence-electron chi connectivity index (χ1n) is 7.25. The highest BCUT2D eigenvalue weighted by atomic mass is 16.5. The van der Waals surface area contributed by atoms with Gasteiger partial charge in [0.05, 0.1) is 29.6 Å². The Morgan fingerprint density at radius 1 is 1.10 bits per heavy atom. The van der Waals surface area contributed by atoms with E-state index >= 15 is 0 Å². The zero-order valence-electron chi connectivity index (χ0n) is 13.2. The normalized spacial score (nSPS) is 10.5. The summed E-state index contributed by atoms with van der Waals surface area (Å²) in [4.78, 5) is 27.7. The maximum atomic E-state index is 12.0. The number of hydrogen-bond donors (Lipinski definition) is 1. The number of esters is 1. The van der Waals surface area contributed by atoms with E-state index in [-0.39, 0.29) is 5.56 Å². The molecule has 0 aliphatic carbocycles. The van der Waals surface area contributed by atoms with Gasteiger partial charge in [-0.3, -0.25) is 4.98 Å². The van der Waals surface area contributed by atoms with Crippen molar-refractivity contribution in [2.75, 3.05) is 7.11 Å². The first-order chi connectivity index (χ1) is 9.93. The molecule has 1 aromatic rings. The van der Waals surface area contributed by atoms with Crippen LogP contribution in [0, 0.1) is 13.8 Å². The van der Waals surface area contributed by atoms with Crippen LogP contribution in [0.5, 0.6) is 0 Å². The van der Waals surface area contributed by atoms with Gasteiger partial charge in [0, 0.05) is 0 Å². The summed E-state index contributed by atoms with van der Waals surface area (Å²) in [5, 5.41) is 9.43. The summed E-state index contributed by atoms with van der Waals surface area (Å²) in [6.07, 6.45) is 4.61. The molecule has 0 saturated heterocycles. The smallest absolute Gasteiger partial charge is 0.340 e. The molecule has 116 valence electrons. The third-order valence-electron chi connectivity index (χ3n) is 3.55. The fourth-order valence-electron chi connectivity index (χ4n) is 2.56. The Balaban J connectivity index is 3.30. The van der Waals surface area contributed by atoms with Gasteiger partial charge in [0.25, 0.3) is 0 Å². The molecule has 0 atom stereocenters. The van der Waals surface area contributed by atoms with Crippen LogP contribution in [0.15, 0.2) is 0 Å². The van der Waals surface area contributed by atoms with E-state index in [1.54, 1.807) is 13.8 Å². The predicted molar refractivity (Wildman–Crippen MR) is 79.9 cm³/mol. The monoisotopic (exact) mass is 293 g/mol. The number of ether oxygens (including phenoxy) is 1. The lowest BCUT2D eigenvalue weighted by molar-refractivity contribution is 0.0598. The average Bonchev–Trinajstić information content (AvgIpc) is 2.42. The van der Waals surface area contributed by atoms with Gasteiger partial charge in [0.2, 0.25) is 0 Å². The molecule has 0 saturated carbocycles. The molecule has 0 aliphatic rings. The number of carbonyl (C=O) groups excluding carboxylic acids is 1. The molecule has 0 fully saturated rings. The number of hydrogen-bond acceptors (Lipinski definition) is 4. The second-order valence-corrected chi connectivity index (χ2v) is 5.12. The van der Waals surface area contributed by atoms with Gasteiger partial charge in [0.1, 0.15) is 0 Å². The highest BCUT2D eigenvalue weighted by Crippen LogP contribution is 2.24. The van der Waals surface area contributed by atoms with Crippen molar-refractivity contribution in [2.24, 2.45) is 0 Å². The van der Waals surface area contributed by atoms with Gasteiger partial charge >= 0.3 is 11.9 Å². The zero-order chi connectivity index (χ0) is 16.0. The molecule has 0 unspecified atom stereocenters. The van der Waals surface area contributed by atoms with Crippen molar-refractivity contribution in [1.82, 2.24) is 4.98 Å². The molecule has 0 radical (unpaired) electrons. The van der Waals surface area contributed by atoms with Crippen LogP contribution in [0.25, 0.3) is 0 Å². The van der Waals surface area contributed by atoms with Crippen molar-refractivity contribution < 1.29 is 19.4 Å². The predicted octanol–water partition coefficient (Wildman–Crippen LogP) is 3.31. The first kappa shape index (κ1) is 17.1. The summed E-state index contributed by atoms with van der Waals surface area (Å²) in [6, 6.07) is 0. The average molecular weight is 293 g/mol. The number of rotatable bonds is 7. The Hall–Kier alpha value is -1.91. The van der Waals surface area contributed by atoms with Crippen molar-refractivity contribution in [3.05, 3.63) is 28.1 Å². The molecule has 1 aromatic heterocycles. The van der Waals surface area contributed by atoms with E-state index in [9.17, 15) is 14.7 Å². The summed E-state index contributed by atoms with van der Waals surface area (Å²) in [7, 11) is 1.29. The van der Waals surface area contributed by atoms with Gasteiger partial charge in [-0.05, 0) is 32.3 Å². The van der Waals surface area contributed by atoms with Crippen molar-refractivity contribution in [3.8, 4) is 0 Å². The number of pyridine rings is 1. The Morgan fingerprint density at radius 3 is 2.24 bits per heavy atom. The highest BCUT2D eigenvalue weighted by Gasteiger charge is 2.24. The third-order valence-corrected chi connectivity index (χ3v) is 3.55. The van der Waals surface area contributed by atoms with E-state index in [0.29, 0.717) is 28.9 Å². The number of methoxy groups -OCH3 is 1. The lowest BCUT2D eigenvalue weighted by atomic mass is 9.94. The van der Waals surface area contributed by atoms with E-state index < -0.39 is 11.9 Å². The number of aryl methyl sites for hydroxylation is 2. The van der Waals surface area contributed by atoms with E-state index in [2.05, 4.69) is 11.9 Å². The molecule has 1 N–H and O–H groups in total. The van der Waals surface area contributed by atoms with Crippen molar-refractivity contribution >= 4 is 11.9 Å². The van der Waals surface area contributed by atoms with Crippen molar-refractivity contribution in [3.63, 3.8) is 0 Å². The summed E-state index contributed by atoms with van der Waals surface area (Å²) >= 11 is 0. The van der Waals surface area contributed by atoms with Crippen LogP contribution in [-0.4, -0.2) is 29.1 Å². The maximum absolute atomic E-state index is 12.0. The molecule has 1 heterocycles. The topological polar surface area (TPSA) is 76.5 Å². The summed E-state index contributed by atoms with van der Waals surface area (Å²) in [6.45, 7) is 5.48. The fourth-order valence-corrected chi connectivity index (χ4v) is 2.56. The second-order valence-electron chi connectivity index (χ2n) is 5.12. The maximum Gasteiger partial charge on any atom is 0.340 e. The number of carboxylic acid groups (broad SMARTS) is 1. The minimum atomic E-state index is -1.05. The molecule has 0 aromatic carbocycles. The number of aromatic nitrogens is 1. The van der Waals surface area contributed by atoms with Crippen LogP contribution in [0.2, 0.25) is 0 Å². The molecule has 1 rings (SSSR count). The zero-order valence-corrected chi connectivity index (χ0v) is 13.2. The Kier molecular flexibility index (Phi) is 6.34. The second kappa shape index (κ2) is 7.76. The largest absolute Gasteiger partial charge is 0.478 e. The summed E-state index contributed by atoms with van der Waals surface area (Å²) < 4.78 is 4.79. The van der Waals surface area contributed by atoms with E-state index in [0.717, 1.165) is 25.7 Å². The fraction of sp³-hybridized carbons (Fsp3) is 0.562. The van der Waals surface area contributed by atoms with Gasteiger partial charge in [-0.2, -0.15) is 0 Å². The van der Waals surface area contributed by atoms with Crippen LogP contribution < -0.4 is 0 Å². The minimum absolute atomic E-state index is 0.137. The SMILES string of the molecule is CCCCCCc1c(C(=O)O)c(C)nc(C)c1C(=O)OC. The number of unbranched alkanes of at least 4 members (excludes halogenated alkanes) is 3. The molecule has 5 heteroatoms. The molecular weight excluding hydrogens is 270 g/mol. The van der Waals surface area contributed by atoms with Gasteiger partial charge in [-0.1, -0.05) is 26.2 Å². The molecule has 0 aliphatic heterocycles. The Bertz CT molecular complexity index is 538. The third kappa shape index (κ3) is 4.03. The van der Waals surface area contributed by atoms with E-state index in [4.69, 9.17) is 4.74 Å². The van der Waals surface area contributed by atoms with Gasteiger partial charge in [-0.25, -0.2) is 9.59 Å².